The summed E-state index contributed by atoms with van der Waals surface area (Å²) in [6.45, 7) is 4.52. The van der Waals surface area contributed by atoms with Gasteiger partial charge in [-0.05, 0) is 43.6 Å². The van der Waals surface area contributed by atoms with Crippen LogP contribution in [0.2, 0.25) is 0 Å². The number of aromatic nitrogens is 1. The zero-order valence-electron chi connectivity index (χ0n) is 11.8. The quantitative estimate of drug-likeness (QED) is 0.837. The number of para-hydroxylation sites is 1. The van der Waals surface area contributed by atoms with Crippen molar-refractivity contribution in [1.29, 1.82) is 0 Å². The van der Waals surface area contributed by atoms with Crippen LogP contribution in [0.15, 0.2) is 48.7 Å². The number of hydrogen-bond donors (Lipinski definition) is 0. The average molecular weight is 268 g/mol. The standard InChI is InChI=1S/C17H20N2O/c1-2-19-12-6-9-16(19)14-10-11-17(18-13-14)20-15-7-4-3-5-8-15/h3-5,7-8,10-11,13,16H,2,6,9,12H2,1H3/t16-/m1/s1. The van der Waals surface area contributed by atoms with Gasteiger partial charge in [-0.2, -0.15) is 0 Å². The second-order valence-corrected chi connectivity index (χ2v) is 5.13. The molecule has 0 saturated carbocycles. The van der Waals surface area contributed by atoms with E-state index in [1.807, 2.05) is 42.6 Å². The molecule has 3 rings (SSSR count). The Morgan fingerprint density at radius 2 is 2.05 bits per heavy atom. The fourth-order valence-electron chi connectivity index (χ4n) is 2.84. The number of nitrogens with zero attached hydrogens (tertiary/aromatic N) is 2. The lowest BCUT2D eigenvalue weighted by atomic mass is 10.1. The van der Waals surface area contributed by atoms with Crippen molar-refractivity contribution < 1.29 is 4.74 Å². The second kappa shape index (κ2) is 6.06. The van der Waals surface area contributed by atoms with Gasteiger partial charge in [0.25, 0.3) is 0 Å². The Hall–Kier alpha value is -1.87. The SMILES string of the molecule is CCN1CCC[C@@H]1c1ccc(Oc2ccccc2)nc1. The summed E-state index contributed by atoms with van der Waals surface area (Å²) in [5, 5.41) is 0. The smallest absolute Gasteiger partial charge is 0.219 e. The molecule has 1 aliphatic rings. The molecule has 0 radical (unpaired) electrons. The zero-order valence-corrected chi connectivity index (χ0v) is 11.8. The normalized spacial score (nSPS) is 19.1. The molecule has 20 heavy (non-hydrogen) atoms. The van der Waals surface area contributed by atoms with Crippen LogP contribution in [-0.4, -0.2) is 23.0 Å². The molecule has 1 saturated heterocycles. The Morgan fingerprint density at radius 1 is 1.20 bits per heavy atom. The maximum Gasteiger partial charge on any atom is 0.219 e. The second-order valence-electron chi connectivity index (χ2n) is 5.13. The molecule has 3 heteroatoms. The number of hydrogen-bond acceptors (Lipinski definition) is 3. The maximum absolute atomic E-state index is 5.72. The van der Waals surface area contributed by atoms with Gasteiger partial charge in [-0.1, -0.05) is 31.2 Å². The Morgan fingerprint density at radius 3 is 2.75 bits per heavy atom. The topological polar surface area (TPSA) is 25.4 Å². The molecule has 1 aromatic heterocycles. The minimum absolute atomic E-state index is 0.526. The third-order valence-electron chi connectivity index (χ3n) is 3.88. The molecule has 104 valence electrons. The highest BCUT2D eigenvalue weighted by atomic mass is 16.5. The van der Waals surface area contributed by atoms with Crippen molar-refractivity contribution >= 4 is 0 Å². The molecule has 2 heterocycles. The average Bonchev–Trinajstić information content (AvgIpc) is 2.98. The van der Waals surface area contributed by atoms with Gasteiger partial charge in [-0.3, -0.25) is 4.90 Å². The summed E-state index contributed by atoms with van der Waals surface area (Å²) < 4.78 is 5.72. The van der Waals surface area contributed by atoms with Gasteiger partial charge in [0.15, 0.2) is 0 Å². The first-order valence-electron chi connectivity index (χ1n) is 7.29. The van der Waals surface area contributed by atoms with E-state index in [9.17, 15) is 0 Å². The van der Waals surface area contributed by atoms with E-state index in [1.54, 1.807) is 0 Å². The first kappa shape index (κ1) is 13.1. The minimum atomic E-state index is 0.526. The summed E-state index contributed by atoms with van der Waals surface area (Å²) in [7, 11) is 0. The lowest BCUT2D eigenvalue weighted by Gasteiger charge is -2.22. The van der Waals surface area contributed by atoms with Crippen molar-refractivity contribution in [1.82, 2.24) is 9.88 Å². The molecule has 0 amide bonds. The summed E-state index contributed by atoms with van der Waals surface area (Å²) >= 11 is 0. The molecule has 1 fully saturated rings. The predicted molar refractivity (Wildman–Crippen MR) is 80.0 cm³/mol. The maximum atomic E-state index is 5.72. The third kappa shape index (κ3) is 2.83. The fraction of sp³-hybridized carbons (Fsp3) is 0.353. The van der Waals surface area contributed by atoms with Crippen LogP contribution in [0.4, 0.5) is 0 Å². The lowest BCUT2D eigenvalue weighted by Crippen LogP contribution is -2.22. The van der Waals surface area contributed by atoms with Crippen molar-refractivity contribution in [2.75, 3.05) is 13.1 Å². The van der Waals surface area contributed by atoms with Crippen LogP contribution in [0.25, 0.3) is 0 Å². The fourth-order valence-corrected chi connectivity index (χ4v) is 2.84. The highest BCUT2D eigenvalue weighted by Gasteiger charge is 2.24. The van der Waals surface area contributed by atoms with Crippen LogP contribution in [0.3, 0.4) is 0 Å². The van der Waals surface area contributed by atoms with Crippen molar-refractivity contribution in [3.05, 3.63) is 54.2 Å². The van der Waals surface area contributed by atoms with Crippen LogP contribution in [0.5, 0.6) is 11.6 Å². The van der Waals surface area contributed by atoms with E-state index in [0.29, 0.717) is 11.9 Å². The number of benzene rings is 1. The molecule has 2 aromatic rings. The Balaban J connectivity index is 1.71. The molecule has 1 aromatic carbocycles. The monoisotopic (exact) mass is 268 g/mol. The molecular weight excluding hydrogens is 248 g/mol. The van der Waals surface area contributed by atoms with Gasteiger partial charge in [-0.25, -0.2) is 4.98 Å². The van der Waals surface area contributed by atoms with Crippen LogP contribution >= 0.6 is 0 Å². The third-order valence-corrected chi connectivity index (χ3v) is 3.88. The van der Waals surface area contributed by atoms with Gasteiger partial charge in [0.05, 0.1) is 0 Å². The van der Waals surface area contributed by atoms with Gasteiger partial charge in [0, 0.05) is 18.3 Å². The summed E-state index contributed by atoms with van der Waals surface area (Å²) in [6.07, 6.45) is 4.46. The summed E-state index contributed by atoms with van der Waals surface area (Å²) in [4.78, 5) is 6.95. The summed E-state index contributed by atoms with van der Waals surface area (Å²) in [6, 6.07) is 14.4. The number of rotatable bonds is 4. The van der Waals surface area contributed by atoms with Crippen molar-refractivity contribution in [2.24, 2.45) is 0 Å². The van der Waals surface area contributed by atoms with Crippen LogP contribution in [0.1, 0.15) is 31.4 Å². The zero-order chi connectivity index (χ0) is 13.8. The molecule has 0 aliphatic carbocycles. The van der Waals surface area contributed by atoms with E-state index >= 15 is 0 Å². The Kier molecular flexibility index (Phi) is 3.97. The molecule has 0 spiro atoms. The summed E-state index contributed by atoms with van der Waals surface area (Å²) in [5.74, 6) is 1.48. The highest BCUT2D eigenvalue weighted by Crippen LogP contribution is 2.31. The van der Waals surface area contributed by atoms with Gasteiger partial charge in [0.1, 0.15) is 5.75 Å². The lowest BCUT2D eigenvalue weighted by molar-refractivity contribution is 0.271. The van der Waals surface area contributed by atoms with E-state index in [-0.39, 0.29) is 0 Å². The van der Waals surface area contributed by atoms with Gasteiger partial charge >= 0.3 is 0 Å². The number of likely N-dealkylation sites (tertiary alicyclic amines) is 1. The van der Waals surface area contributed by atoms with Crippen LogP contribution in [0, 0.1) is 0 Å². The molecule has 0 unspecified atom stereocenters. The largest absolute Gasteiger partial charge is 0.439 e. The van der Waals surface area contributed by atoms with Crippen LogP contribution in [-0.2, 0) is 0 Å². The Labute approximate surface area is 120 Å². The van der Waals surface area contributed by atoms with Crippen molar-refractivity contribution in [3.63, 3.8) is 0 Å². The Bertz CT molecular complexity index is 539. The molecule has 1 atom stereocenters. The van der Waals surface area contributed by atoms with E-state index in [4.69, 9.17) is 4.74 Å². The van der Waals surface area contributed by atoms with E-state index in [2.05, 4.69) is 22.9 Å². The molecule has 0 N–H and O–H groups in total. The summed E-state index contributed by atoms with van der Waals surface area (Å²) in [5.41, 5.74) is 1.30. The van der Waals surface area contributed by atoms with Gasteiger partial charge in [0.2, 0.25) is 5.88 Å². The van der Waals surface area contributed by atoms with E-state index < -0.39 is 0 Å². The first-order valence-corrected chi connectivity index (χ1v) is 7.29. The molecule has 3 nitrogen and oxygen atoms in total. The molecular formula is C17H20N2O. The minimum Gasteiger partial charge on any atom is -0.439 e. The van der Waals surface area contributed by atoms with Crippen LogP contribution < -0.4 is 4.74 Å². The van der Waals surface area contributed by atoms with Gasteiger partial charge in [-0.15, -0.1) is 0 Å². The van der Waals surface area contributed by atoms with Crippen molar-refractivity contribution in [2.45, 2.75) is 25.8 Å². The van der Waals surface area contributed by atoms with E-state index in [1.165, 1.54) is 24.9 Å². The number of ether oxygens (including phenoxy) is 1. The highest BCUT2D eigenvalue weighted by molar-refractivity contribution is 5.28. The molecule has 0 bridgehead atoms. The number of pyridine rings is 1. The van der Waals surface area contributed by atoms with Crippen molar-refractivity contribution in [3.8, 4) is 11.6 Å². The first-order chi connectivity index (χ1) is 9.86. The molecule has 1 aliphatic heterocycles. The van der Waals surface area contributed by atoms with Gasteiger partial charge < -0.3 is 4.74 Å². The predicted octanol–water partition coefficient (Wildman–Crippen LogP) is 4.03. The van der Waals surface area contributed by atoms with E-state index in [0.717, 1.165) is 12.3 Å².